The number of aryl methyl sites for hydroxylation is 2. The molecule has 4 rings (SSSR count). The number of hydrogen-bond donors (Lipinski definition) is 2. The molecule has 2 N–H and O–H groups in total. The highest BCUT2D eigenvalue weighted by Gasteiger charge is 2.31. The number of piperidine rings is 1. The summed E-state index contributed by atoms with van der Waals surface area (Å²) >= 11 is 7.28. The second kappa shape index (κ2) is 7.37. The Bertz CT molecular complexity index is 788. The van der Waals surface area contributed by atoms with E-state index < -0.39 is 0 Å². The predicted octanol–water partition coefficient (Wildman–Crippen LogP) is 4.74. The maximum atomic E-state index is 10.0. The number of phenolic OH excluding ortho intramolecular Hbond substituents is 1. The van der Waals surface area contributed by atoms with E-state index in [1.807, 2.05) is 18.3 Å². The van der Waals surface area contributed by atoms with Crippen LogP contribution in [0.15, 0.2) is 33.3 Å². The Morgan fingerprint density at radius 1 is 1.04 bits per heavy atom. The Morgan fingerprint density at radius 3 is 2.60 bits per heavy atom. The van der Waals surface area contributed by atoms with Crippen LogP contribution < -0.4 is 5.32 Å². The first kappa shape index (κ1) is 17.5. The Hall–Kier alpha value is -0.910. The molecule has 1 aliphatic carbocycles. The summed E-state index contributed by atoms with van der Waals surface area (Å²) in [5.41, 5.74) is 5.23. The molecule has 1 aromatic heterocycles. The standard InChI is InChI=1S/C20H22Br2N2O/c21-15-7-14-2-1-13-8-16(25)9-19(22)17(13)10-18(20(14)24-11-15)12-3-5-23-6-4-12/h7-9,11-12,18,23,25H,1-6,10H2. The number of pyridine rings is 1. The lowest BCUT2D eigenvalue weighted by atomic mass is 9.75. The SMILES string of the molecule is Oc1cc(Br)c2c(c1)CCc1cc(Br)cnc1C(C1CCNCC1)C2. The van der Waals surface area contributed by atoms with Crippen LogP contribution in [0.2, 0.25) is 0 Å². The first-order valence-corrected chi connectivity index (χ1v) is 10.6. The summed E-state index contributed by atoms with van der Waals surface area (Å²) in [6, 6.07) is 6.01. The van der Waals surface area contributed by atoms with Crippen LogP contribution in [0.25, 0.3) is 0 Å². The third-order valence-electron chi connectivity index (χ3n) is 5.63. The number of rotatable bonds is 1. The molecule has 2 heterocycles. The number of fused-ring (bicyclic) bond motifs is 2. The van der Waals surface area contributed by atoms with Gasteiger partial charge in [-0.3, -0.25) is 4.98 Å². The van der Waals surface area contributed by atoms with Crippen LogP contribution in [-0.2, 0) is 19.3 Å². The number of aromatic nitrogens is 1. The Labute approximate surface area is 165 Å². The fourth-order valence-corrected chi connectivity index (χ4v) is 5.41. The van der Waals surface area contributed by atoms with Crippen molar-refractivity contribution in [2.75, 3.05) is 13.1 Å². The lowest BCUT2D eigenvalue weighted by Gasteiger charge is -2.33. The van der Waals surface area contributed by atoms with Gasteiger partial charge in [-0.15, -0.1) is 0 Å². The van der Waals surface area contributed by atoms with Gasteiger partial charge in [0.1, 0.15) is 5.75 Å². The molecule has 0 amide bonds. The van der Waals surface area contributed by atoms with E-state index in [1.54, 1.807) is 0 Å². The molecule has 1 aromatic carbocycles. The maximum Gasteiger partial charge on any atom is 0.116 e. The summed E-state index contributed by atoms with van der Waals surface area (Å²) in [7, 11) is 0. The van der Waals surface area contributed by atoms with Gasteiger partial charge in [-0.1, -0.05) is 15.9 Å². The van der Waals surface area contributed by atoms with E-state index in [9.17, 15) is 5.11 Å². The molecule has 1 aliphatic heterocycles. The quantitative estimate of drug-likeness (QED) is 0.639. The molecule has 1 saturated heterocycles. The molecule has 5 heteroatoms. The average molecular weight is 466 g/mol. The van der Waals surface area contributed by atoms with Crippen LogP contribution in [0.3, 0.4) is 0 Å². The van der Waals surface area contributed by atoms with Crippen LogP contribution in [0, 0.1) is 5.92 Å². The molecule has 25 heavy (non-hydrogen) atoms. The molecule has 0 spiro atoms. The van der Waals surface area contributed by atoms with Gasteiger partial charge in [0.2, 0.25) is 0 Å². The van der Waals surface area contributed by atoms with Crippen molar-refractivity contribution in [3.8, 4) is 5.75 Å². The molecule has 1 unspecified atom stereocenters. The minimum absolute atomic E-state index is 0.345. The maximum absolute atomic E-state index is 10.0. The Balaban J connectivity index is 1.80. The van der Waals surface area contributed by atoms with Crippen molar-refractivity contribution in [1.82, 2.24) is 10.3 Å². The summed E-state index contributed by atoms with van der Waals surface area (Å²) in [6.07, 6.45) is 7.24. The third kappa shape index (κ3) is 3.64. The zero-order chi connectivity index (χ0) is 17.4. The fraction of sp³-hybridized carbons (Fsp3) is 0.450. The largest absolute Gasteiger partial charge is 0.508 e. The minimum Gasteiger partial charge on any atom is -0.508 e. The van der Waals surface area contributed by atoms with Gasteiger partial charge >= 0.3 is 0 Å². The molecule has 1 atom stereocenters. The van der Waals surface area contributed by atoms with Crippen molar-refractivity contribution in [2.45, 2.75) is 38.0 Å². The molecule has 0 radical (unpaired) electrons. The van der Waals surface area contributed by atoms with Crippen molar-refractivity contribution in [1.29, 1.82) is 0 Å². The van der Waals surface area contributed by atoms with Gasteiger partial charge in [0, 0.05) is 26.8 Å². The zero-order valence-electron chi connectivity index (χ0n) is 14.1. The second-order valence-electron chi connectivity index (χ2n) is 7.16. The van der Waals surface area contributed by atoms with E-state index in [0.717, 1.165) is 41.3 Å². The summed E-state index contributed by atoms with van der Waals surface area (Å²) in [5.74, 6) is 1.43. The first-order valence-electron chi connectivity index (χ1n) is 8.97. The van der Waals surface area contributed by atoms with Gasteiger partial charge in [-0.2, -0.15) is 0 Å². The molecule has 0 saturated carbocycles. The minimum atomic E-state index is 0.345. The molecular formula is C20H22Br2N2O. The highest BCUT2D eigenvalue weighted by molar-refractivity contribution is 9.10. The van der Waals surface area contributed by atoms with E-state index >= 15 is 0 Å². The topological polar surface area (TPSA) is 45.2 Å². The highest BCUT2D eigenvalue weighted by Crippen LogP contribution is 2.40. The highest BCUT2D eigenvalue weighted by atomic mass is 79.9. The van der Waals surface area contributed by atoms with Crippen LogP contribution >= 0.6 is 31.9 Å². The molecule has 3 nitrogen and oxygen atoms in total. The zero-order valence-corrected chi connectivity index (χ0v) is 17.2. The number of nitrogens with one attached hydrogen (secondary N) is 1. The third-order valence-corrected chi connectivity index (χ3v) is 6.77. The number of halogens is 2. The number of aromatic hydroxyl groups is 1. The fourth-order valence-electron chi connectivity index (χ4n) is 4.38. The Morgan fingerprint density at radius 2 is 1.80 bits per heavy atom. The van der Waals surface area contributed by atoms with E-state index in [0.29, 0.717) is 17.6 Å². The molecular weight excluding hydrogens is 444 g/mol. The van der Waals surface area contributed by atoms with Gasteiger partial charge in [-0.25, -0.2) is 0 Å². The van der Waals surface area contributed by atoms with Crippen molar-refractivity contribution in [2.24, 2.45) is 5.92 Å². The molecule has 1 fully saturated rings. The van der Waals surface area contributed by atoms with Crippen LogP contribution in [0.4, 0.5) is 0 Å². The normalized spacial score (nSPS) is 21.1. The van der Waals surface area contributed by atoms with Gasteiger partial charge in [0.15, 0.2) is 0 Å². The number of nitrogens with zero attached hydrogens (tertiary/aromatic N) is 1. The lowest BCUT2D eigenvalue weighted by Crippen LogP contribution is -2.32. The van der Waals surface area contributed by atoms with Gasteiger partial charge in [0.05, 0.1) is 0 Å². The average Bonchev–Trinajstić information content (AvgIpc) is 2.59. The number of benzene rings is 1. The number of phenols is 1. The smallest absolute Gasteiger partial charge is 0.116 e. The van der Waals surface area contributed by atoms with Crippen LogP contribution in [0.1, 0.15) is 41.1 Å². The van der Waals surface area contributed by atoms with E-state index in [-0.39, 0.29) is 0 Å². The van der Waals surface area contributed by atoms with Crippen molar-refractivity contribution < 1.29 is 5.11 Å². The second-order valence-corrected chi connectivity index (χ2v) is 8.93. The Kier molecular flexibility index (Phi) is 5.16. The van der Waals surface area contributed by atoms with Crippen molar-refractivity contribution >= 4 is 31.9 Å². The number of hydrogen-bond acceptors (Lipinski definition) is 3. The lowest BCUT2D eigenvalue weighted by molar-refractivity contribution is 0.309. The summed E-state index contributed by atoms with van der Waals surface area (Å²) in [5, 5.41) is 13.5. The van der Waals surface area contributed by atoms with E-state index in [1.165, 1.54) is 35.2 Å². The molecule has 0 bridgehead atoms. The first-order chi connectivity index (χ1) is 12.1. The van der Waals surface area contributed by atoms with Crippen molar-refractivity contribution in [3.05, 3.63) is 55.7 Å². The van der Waals surface area contributed by atoms with Crippen LogP contribution in [0.5, 0.6) is 5.75 Å². The molecule has 2 aromatic rings. The van der Waals surface area contributed by atoms with E-state index in [4.69, 9.17) is 4.98 Å². The summed E-state index contributed by atoms with van der Waals surface area (Å²) < 4.78 is 2.08. The van der Waals surface area contributed by atoms with Gasteiger partial charge in [0.25, 0.3) is 0 Å². The molecule has 2 aliphatic rings. The summed E-state index contributed by atoms with van der Waals surface area (Å²) in [6.45, 7) is 2.19. The van der Waals surface area contributed by atoms with Gasteiger partial charge < -0.3 is 10.4 Å². The van der Waals surface area contributed by atoms with Gasteiger partial charge in [-0.05, 0) is 102 Å². The van der Waals surface area contributed by atoms with Crippen molar-refractivity contribution in [3.63, 3.8) is 0 Å². The summed E-state index contributed by atoms with van der Waals surface area (Å²) in [4.78, 5) is 4.87. The monoisotopic (exact) mass is 464 g/mol. The van der Waals surface area contributed by atoms with Crippen LogP contribution in [-0.4, -0.2) is 23.2 Å². The predicted molar refractivity (Wildman–Crippen MR) is 107 cm³/mol. The molecule has 132 valence electrons. The van der Waals surface area contributed by atoms with E-state index in [2.05, 4.69) is 43.2 Å².